The first kappa shape index (κ1) is 25.1. The monoisotopic (exact) mass is 554 g/mol. The highest BCUT2D eigenvalue weighted by Crippen LogP contribution is 2.29. The van der Waals surface area contributed by atoms with E-state index in [1.807, 2.05) is 6.07 Å². The number of anilines is 2. The van der Waals surface area contributed by atoms with Crippen LogP contribution in [0.3, 0.4) is 0 Å². The van der Waals surface area contributed by atoms with Gasteiger partial charge in [0.15, 0.2) is 11.6 Å². The van der Waals surface area contributed by atoms with Crippen molar-refractivity contribution in [2.45, 2.75) is 6.54 Å². The lowest BCUT2D eigenvalue weighted by atomic mass is 10.2. The Morgan fingerprint density at radius 3 is 2.61 bits per heavy atom. The van der Waals surface area contributed by atoms with Crippen molar-refractivity contribution in [1.29, 1.82) is 5.26 Å². The van der Waals surface area contributed by atoms with Crippen LogP contribution in [0, 0.1) is 23.0 Å². The maximum Gasteiger partial charge on any atom is 0.359 e. The molecule has 38 heavy (non-hydrogen) atoms. The fourth-order valence-electron chi connectivity index (χ4n) is 3.83. The molecule has 3 aromatic heterocycles. The highest BCUT2D eigenvalue weighted by Gasteiger charge is 2.19. The van der Waals surface area contributed by atoms with Gasteiger partial charge >= 0.3 is 11.4 Å². The van der Waals surface area contributed by atoms with Crippen molar-refractivity contribution in [3.8, 4) is 11.8 Å². The lowest BCUT2D eigenvalue weighted by molar-refractivity contribution is 0.506. The van der Waals surface area contributed by atoms with Gasteiger partial charge < -0.3 is 5.32 Å². The molecule has 5 rings (SSSR count). The first-order valence-corrected chi connectivity index (χ1v) is 11.5. The quantitative estimate of drug-likeness (QED) is 0.326. The summed E-state index contributed by atoms with van der Waals surface area (Å²) >= 11 is 12.2. The number of nitriles is 1. The Labute approximate surface area is 221 Å². The number of aryl methyl sites for hydroxylation is 1. The highest BCUT2D eigenvalue weighted by atomic mass is 35.5. The average molecular weight is 555 g/mol. The molecule has 0 radical (unpaired) electrons. The van der Waals surface area contributed by atoms with Crippen LogP contribution in [0.5, 0.6) is 0 Å². The van der Waals surface area contributed by atoms with Gasteiger partial charge in [0, 0.05) is 24.8 Å². The number of fused-ring (bicyclic) bond motifs is 1. The predicted molar refractivity (Wildman–Crippen MR) is 136 cm³/mol. The van der Waals surface area contributed by atoms with Gasteiger partial charge in [-0.15, -0.1) is 0 Å². The molecule has 0 unspecified atom stereocenters. The summed E-state index contributed by atoms with van der Waals surface area (Å²) in [6, 6.07) is 8.44. The molecule has 0 aliphatic rings. The number of nitrogens with zero attached hydrogens (tertiary/aromatic N) is 7. The first-order chi connectivity index (χ1) is 18.1. The van der Waals surface area contributed by atoms with Gasteiger partial charge in [0.05, 0.1) is 45.2 Å². The number of aromatic nitrogens is 6. The van der Waals surface area contributed by atoms with Crippen LogP contribution >= 0.6 is 23.2 Å². The zero-order valence-electron chi connectivity index (χ0n) is 19.3. The molecule has 0 saturated carbocycles. The Balaban J connectivity index is 1.70. The molecule has 14 heteroatoms. The molecular formula is C24H14Cl2F2N8O2. The molecule has 2 aromatic carbocycles. The summed E-state index contributed by atoms with van der Waals surface area (Å²) in [5.74, 6) is -2.68. The summed E-state index contributed by atoms with van der Waals surface area (Å²) in [5.41, 5.74) is -0.747. The van der Waals surface area contributed by atoms with Crippen molar-refractivity contribution in [3.05, 3.63) is 103 Å². The Kier molecular flexibility index (Phi) is 6.40. The molecule has 10 nitrogen and oxygen atoms in total. The number of rotatable bonds is 5. The number of nitrogens with one attached hydrogen (secondary N) is 1. The summed E-state index contributed by atoms with van der Waals surface area (Å²) in [4.78, 5) is 34.6. The molecule has 3 heterocycles. The van der Waals surface area contributed by atoms with Gasteiger partial charge in [0.1, 0.15) is 6.07 Å². The third-order valence-electron chi connectivity index (χ3n) is 5.52. The van der Waals surface area contributed by atoms with E-state index in [1.165, 1.54) is 18.5 Å². The summed E-state index contributed by atoms with van der Waals surface area (Å²) < 4.78 is 31.2. The largest absolute Gasteiger partial charge is 0.359 e. The predicted octanol–water partition coefficient (Wildman–Crippen LogP) is 3.92. The molecule has 0 saturated heterocycles. The Morgan fingerprint density at radius 1 is 1.08 bits per heavy atom. The summed E-state index contributed by atoms with van der Waals surface area (Å²) in [7, 11) is 1.74. The fourth-order valence-corrected chi connectivity index (χ4v) is 4.27. The standard InChI is InChI=1S/C24H14Cl2F2N8O2/c1-34-11-14-5-20(16(25)6-19(14)33-34)31-22-32-23(37)36(15-2-13(7-29)8-30-9-15)24(38)35(22)10-12-3-17(26)21(28)18(27)4-12/h2-6,8-9,11H,10H2,1H3,(H,31,32,37). The first-order valence-electron chi connectivity index (χ1n) is 10.8. The van der Waals surface area contributed by atoms with Crippen molar-refractivity contribution >= 4 is 45.7 Å². The van der Waals surface area contributed by atoms with E-state index in [1.54, 1.807) is 30.1 Å². The second kappa shape index (κ2) is 9.70. The Morgan fingerprint density at radius 2 is 1.87 bits per heavy atom. The minimum atomic E-state index is -1.24. The summed E-state index contributed by atoms with van der Waals surface area (Å²) in [5, 5.41) is 16.8. The number of benzene rings is 2. The van der Waals surface area contributed by atoms with Crippen LogP contribution in [-0.2, 0) is 13.6 Å². The molecule has 0 fully saturated rings. The van der Waals surface area contributed by atoms with Crippen LogP contribution in [0.1, 0.15) is 11.1 Å². The van der Waals surface area contributed by atoms with E-state index < -0.39 is 28.0 Å². The van der Waals surface area contributed by atoms with Gasteiger partial charge in [-0.05, 0) is 35.9 Å². The van der Waals surface area contributed by atoms with E-state index >= 15 is 0 Å². The van der Waals surface area contributed by atoms with Crippen molar-refractivity contribution in [1.82, 2.24) is 28.9 Å². The van der Waals surface area contributed by atoms with Crippen LogP contribution < -0.4 is 16.7 Å². The molecule has 0 bridgehead atoms. The van der Waals surface area contributed by atoms with Crippen LogP contribution in [-0.4, -0.2) is 28.9 Å². The van der Waals surface area contributed by atoms with Crippen molar-refractivity contribution in [3.63, 3.8) is 0 Å². The van der Waals surface area contributed by atoms with Crippen molar-refractivity contribution < 1.29 is 8.78 Å². The van der Waals surface area contributed by atoms with Gasteiger partial charge in [-0.3, -0.25) is 14.2 Å². The smallest absolute Gasteiger partial charge is 0.324 e. The van der Waals surface area contributed by atoms with Gasteiger partial charge in [-0.25, -0.2) is 22.9 Å². The maximum atomic E-state index is 14.1. The third-order valence-corrected chi connectivity index (χ3v) is 6.11. The van der Waals surface area contributed by atoms with E-state index in [4.69, 9.17) is 23.2 Å². The van der Waals surface area contributed by atoms with E-state index in [0.717, 1.165) is 16.7 Å². The molecule has 0 amide bonds. The minimum absolute atomic E-state index is 0.00928. The Bertz CT molecular complexity index is 1890. The van der Waals surface area contributed by atoms with E-state index in [-0.39, 0.29) is 34.3 Å². The fraction of sp³-hybridized carbons (Fsp3) is 0.0833. The molecule has 0 aliphatic carbocycles. The van der Waals surface area contributed by atoms with Gasteiger partial charge in [-0.2, -0.15) is 15.3 Å². The maximum absolute atomic E-state index is 14.1. The third kappa shape index (κ3) is 4.60. The Hall–Kier alpha value is -4.60. The number of hydrogen-bond acceptors (Lipinski definition) is 7. The lowest BCUT2D eigenvalue weighted by Gasteiger charge is -2.16. The molecule has 5 aromatic rings. The molecule has 0 atom stereocenters. The van der Waals surface area contributed by atoms with Gasteiger partial charge in [-0.1, -0.05) is 23.2 Å². The van der Waals surface area contributed by atoms with Gasteiger partial charge in [0.25, 0.3) is 0 Å². The van der Waals surface area contributed by atoms with Gasteiger partial charge in [0.2, 0.25) is 5.95 Å². The minimum Gasteiger partial charge on any atom is -0.324 e. The molecule has 0 spiro atoms. The highest BCUT2D eigenvalue weighted by molar-refractivity contribution is 6.34. The van der Waals surface area contributed by atoms with Crippen molar-refractivity contribution in [2.24, 2.45) is 7.05 Å². The normalized spacial score (nSPS) is 11.1. The number of hydrogen-bond donors (Lipinski definition) is 1. The zero-order chi connectivity index (χ0) is 27.1. The van der Waals surface area contributed by atoms with E-state index in [0.29, 0.717) is 21.2 Å². The topological polar surface area (TPSA) is 123 Å². The lowest BCUT2D eigenvalue weighted by Crippen LogP contribution is -2.41. The summed E-state index contributed by atoms with van der Waals surface area (Å²) in [6.45, 7) is -0.358. The van der Waals surface area contributed by atoms with Crippen LogP contribution in [0.2, 0.25) is 10.0 Å². The van der Waals surface area contributed by atoms with E-state index in [9.17, 15) is 23.6 Å². The van der Waals surface area contributed by atoms with Crippen LogP contribution in [0.4, 0.5) is 20.4 Å². The molecular weight excluding hydrogens is 541 g/mol. The number of halogens is 4. The van der Waals surface area contributed by atoms with Crippen molar-refractivity contribution in [2.75, 3.05) is 5.32 Å². The average Bonchev–Trinajstić information content (AvgIpc) is 3.23. The van der Waals surface area contributed by atoms with E-state index in [2.05, 4.69) is 20.4 Å². The number of pyridine rings is 1. The second-order valence-electron chi connectivity index (χ2n) is 8.16. The molecule has 0 aliphatic heterocycles. The SMILES string of the molecule is Cn1cc2cc(Nc3nc(=O)n(-c4cncc(C#N)c4)c(=O)n3Cc3cc(F)c(F)c(Cl)c3)c(Cl)cc2n1. The second-order valence-corrected chi connectivity index (χ2v) is 8.97. The zero-order valence-corrected chi connectivity index (χ0v) is 20.8. The van der Waals surface area contributed by atoms with Crippen LogP contribution in [0.15, 0.2) is 58.5 Å². The molecule has 190 valence electrons. The molecule has 1 N–H and O–H groups in total. The van der Waals surface area contributed by atoms with Crippen LogP contribution in [0.25, 0.3) is 16.6 Å². The summed E-state index contributed by atoms with van der Waals surface area (Å²) in [6.07, 6.45) is 4.22.